The van der Waals surface area contributed by atoms with Crippen molar-refractivity contribution in [3.63, 3.8) is 0 Å². The second kappa shape index (κ2) is 5.97. The van der Waals surface area contributed by atoms with Crippen LogP contribution < -0.4 is 0 Å². The van der Waals surface area contributed by atoms with Gasteiger partial charge in [-0.2, -0.15) is 0 Å². The number of H-pyrrole nitrogens is 1. The van der Waals surface area contributed by atoms with Gasteiger partial charge in [-0.25, -0.2) is 4.98 Å². The van der Waals surface area contributed by atoms with Crippen LogP contribution in [0.3, 0.4) is 0 Å². The van der Waals surface area contributed by atoms with E-state index in [1.54, 1.807) is 6.20 Å². The monoisotopic (exact) mass is 293 g/mol. The minimum Gasteiger partial charge on any atom is -0.338 e. The van der Waals surface area contributed by atoms with Gasteiger partial charge in [0.1, 0.15) is 10.3 Å². The molecule has 0 radical (unpaired) electrons. The molecule has 0 unspecified atom stereocenters. The highest BCUT2D eigenvalue weighted by Gasteiger charge is 2.09. The molecule has 104 valence electrons. The van der Waals surface area contributed by atoms with Crippen LogP contribution in [-0.4, -0.2) is 15.0 Å². The number of benzene rings is 1. The molecule has 1 aromatic carbocycles. The molecule has 0 saturated heterocycles. The molecule has 3 nitrogen and oxygen atoms in total. The fraction of sp³-hybridized carbons (Fsp3) is 0.118. The predicted octanol–water partition coefficient (Wildman–Crippen LogP) is 4.43. The Morgan fingerprint density at radius 1 is 1.10 bits per heavy atom. The highest BCUT2D eigenvalue weighted by atomic mass is 32.1. The Morgan fingerprint density at radius 3 is 2.67 bits per heavy atom. The van der Waals surface area contributed by atoms with Crippen molar-refractivity contribution in [2.45, 2.75) is 13.3 Å². The third kappa shape index (κ3) is 2.90. The first kappa shape index (κ1) is 13.6. The molecule has 0 aliphatic rings. The molecule has 0 amide bonds. The Bertz CT molecular complexity index is 810. The van der Waals surface area contributed by atoms with E-state index in [1.807, 2.05) is 42.5 Å². The van der Waals surface area contributed by atoms with Crippen LogP contribution in [0.15, 0.2) is 54.7 Å². The first-order valence-corrected chi connectivity index (χ1v) is 7.30. The van der Waals surface area contributed by atoms with Crippen molar-refractivity contribution in [1.29, 1.82) is 0 Å². The van der Waals surface area contributed by atoms with Crippen LogP contribution in [0.1, 0.15) is 12.5 Å². The van der Waals surface area contributed by atoms with Gasteiger partial charge in [0.25, 0.3) is 0 Å². The van der Waals surface area contributed by atoms with E-state index in [0.717, 1.165) is 34.8 Å². The summed E-state index contributed by atoms with van der Waals surface area (Å²) in [6.07, 6.45) is 2.68. The van der Waals surface area contributed by atoms with E-state index in [1.165, 1.54) is 0 Å². The summed E-state index contributed by atoms with van der Waals surface area (Å²) in [7, 11) is 0. The molecule has 0 aliphatic heterocycles. The summed E-state index contributed by atoms with van der Waals surface area (Å²) in [5.41, 5.74) is 4.06. The van der Waals surface area contributed by atoms with Crippen molar-refractivity contribution in [2.24, 2.45) is 0 Å². The van der Waals surface area contributed by atoms with Crippen LogP contribution in [0.2, 0.25) is 0 Å². The molecule has 0 fully saturated rings. The number of rotatable bonds is 3. The van der Waals surface area contributed by atoms with E-state index in [-0.39, 0.29) is 0 Å². The van der Waals surface area contributed by atoms with Gasteiger partial charge in [0.15, 0.2) is 5.82 Å². The fourth-order valence-electron chi connectivity index (χ4n) is 2.28. The highest BCUT2D eigenvalue weighted by Crippen LogP contribution is 2.22. The number of nitrogens with one attached hydrogen (secondary N) is 1. The maximum absolute atomic E-state index is 5.31. The molecular formula is C17H15N3S. The summed E-state index contributed by atoms with van der Waals surface area (Å²) >= 11 is 5.31. The van der Waals surface area contributed by atoms with Crippen molar-refractivity contribution in [3.8, 4) is 22.8 Å². The fourth-order valence-corrected chi connectivity index (χ4v) is 2.49. The molecule has 0 saturated carbocycles. The summed E-state index contributed by atoms with van der Waals surface area (Å²) in [5, 5.41) is 0. The molecule has 3 rings (SSSR count). The van der Waals surface area contributed by atoms with Gasteiger partial charge in [0.05, 0.1) is 0 Å². The Morgan fingerprint density at radius 2 is 1.90 bits per heavy atom. The molecule has 4 heteroatoms. The Kier molecular flexibility index (Phi) is 3.88. The SMILES string of the molecule is CCc1cccnc1-c1nc(=S)cc(-c2ccccc2)[nH]1. The van der Waals surface area contributed by atoms with Gasteiger partial charge in [-0.15, -0.1) is 0 Å². The van der Waals surface area contributed by atoms with Gasteiger partial charge in [-0.3, -0.25) is 4.98 Å². The van der Waals surface area contributed by atoms with Gasteiger partial charge in [-0.05, 0) is 29.7 Å². The molecule has 2 aromatic heterocycles. The molecule has 1 N–H and O–H groups in total. The lowest BCUT2D eigenvalue weighted by molar-refractivity contribution is 1.06. The predicted molar refractivity (Wildman–Crippen MR) is 87.5 cm³/mol. The van der Waals surface area contributed by atoms with Gasteiger partial charge in [0, 0.05) is 11.9 Å². The van der Waals surface area contributed by atoms with Crippen LogP contribution in [-0.2, 0) is 6.42 Å². The number of hydrogen-bond acceptors (Lipinski definition) is 3. The third-order valence-corrected chi connectivity index (χ3v) is 3.53. The maximum Gasteiger partial charge on any atom is 0.158 e. The average Bonchev–Trinajstić information content (AvgIpc) is 2.55. The topological polar surface area (TPSA) is 41.6 Å². The number of hydrogen-bond donors (Lipinski definition) is 1. The van der Waals surface area contributed by atoms with Gasteiger partial charge in [0.2, 0.25) is 0 Å². The van der Waals surface area contributed by atoms with E-state index in [9.17, 15) is 0 Å². The summed E-state index contributed by atoms with van der Waals surface area (Å²) < 4.78 is 0.565. The summed E-state index contributed by atoms with van der Waals surface area (Å²) in [6, 6.07) is 16.0. The third-order valence-electron chi connectivity index (χ3n) is 3.32. The summed E-state index contributed by atoms with van der Waals surface area (Å²) in [4.78, 5) is 12.2. The second-order valence-electron chi connectivity index (χ2n) is 4.71. The maximum atomic E-state index is 5.31. The zero-order chi connectivity index (χ0) is 14.7. The highest BCUT2D eigenvalue weighted by molar-refractivity contribution is 7.71. The van der Waals surface area contributed by atoms with Crippen LogP contribution in [0.4, 0.5) is 0 Å². The molecule has 0 bridgehead atoms. The Labute approximate surface area is 128 Å². The Hall–Kier alpha value is -2.33. The van der Waals surface area contributed by atoms with Crippen LogP contribution >= 0.6 is 12.2 Å². The minimum absolute atomic E-state index is 0.565. The first-order valence-electron chi connectivity index (χ1n) is 6.89. The molecule has 3 aromatic rings. The van der Waals surface area contributed by atoms with E-state index in [2.05, 4.69) is 27.9 Å². The lowest BCUT2D eigenvalue weighted by atomic mass is 10.1. The standard InChI is InChI=1S/C17H15N3S/c1-2-12-9-6-10-18-16(12)17-19-14(11-15(21)20-17)13-7-4-3-5-8-13/h3-11H,2H2,1H3,(H,19,20,21). The zero-order valence-electron chi connectivity index (χ0n) is 11.7. The number of aromatic amines is 1. The number of nitrogens with zero attached hydrogens (tertiary/aromatic N) is 2. The van der Waals surface area contributed by atoms with E-state index >= 15 is 0 Å². The van der Waals surface area contributed by atoms with Crippen LogP contribution in [0, 0.1) is 4.64 Å². The van der Waals surface area contributed by atoms with E-state index in [0.29, 0.717) is 4.64 Å². The van der Waals surface area contributed by atoms with Gasteiger partial charge >= 0.3 is 0 Å². The molecule has 0 atom stereocenters. The van der Waals surface area contributed by atoms with Crippen molar-refractivity contribution in [2.75, 3.05) is 0 Å². The lowest BCUT2D eigenvalue weighted by Gasteiger charge is -2.08. The largest absolute Gasteiger partial charge is 0.338 e. The molecule has 2 heterocycles. The smallest absolute Gasteiger partial charge is 0.158 e. The van der Waals surface area contributed by atoms with Gasteiger partial charge in [-0.1, -0.05) is 55.5 Å². The normalized spacial score (nSPS) is 10.5. The second-order valence-corrected chi connectivity index (χ2v) is 5.13. The van der Waals surface area contributed by atoms with Crippen molar-refractivity contribution >= 4 is 12.2 Å². The van der Waals surface area contributed by atoms with Crippen LogP contribution in [0.5, 0.6) is 0 Å². The summed E-state index contributed by atoms with van der Waals surface area (Å²) in [5.74, 6) is 0.721. The zero-order valence-corrected chi connectivity index (χ0v) is 12.5. The number of aryl methyl sites for hydroxylation is 1. The number of pyridine rings is 1. The molecule has 0 spiro atoms. The number of aromatic nitrogens is 3. The summed E-state index contributed by atoms with van der Waals surface area (Å²) in [6.45, 7) is 2.11. The quantitative estimate of drug-likeness (QED) is 0.726. The molecule has 21 heavy (non-hydrogen) atoms. The van der Waals surface area contributed by atoms with Crippen molar-refractivity contribution in [3.05, 3.63) is 64.9 Å². The molecule has 0 aliphatic carbocycles. The lowest BCUT2D eigenvalue weighted by Crippen LogP contribution is -1.98. The van der Waals surface area contributed by atoms with Gasteiger partial charge < -0.3 is 4.98 Å². The minimum atomic E-state index is 0.565. The average molecular weight is 293 g/mol. The van der Waals surface area contributed by atoms with E-state index < -0.39 is 0 Å². The van der Waals surface area contributed by atoms with E-state index in [4.69, 9.17) is 12.2 Å². The first-order chi connectivity index (χ1) is 10.3. The van der Waals surface area contributed by atoms with Crippen molar-refractivity contribution < 1.29 is 0 Å². The van der Waals surface area contributed by atoms with Crippen LogP contribution in [0.25, 0.3) is 22.8 Å². The Balaban J connectivity index is 2.17. The van der Waals surface area contributed by atoms with Crippen molar-refractivity contribution in [1.82, 2.24) is 15.0 Å². The molecular weight excluding hydrogens is 278 g/mol.